The number of ether oxygens (including phenoxy) is 1. The summed E-state index contributed by atoms with van der Waals surface area (Å²) in [5.41, 5.74) is 1.35. The van der Waals surface area contributed by atoms with E-state index in [0.29, 0.717) is 18.2 Å². The zero-order valence-electron chi connectivity index (χ0n) is 11.0. The van der Waals surface area contributed by atoms with Crippen LogP contribution in [0.3, 0.4) is 0 Å². The fraction of sp³-hybridized carbons (Fsp3) is 0.500. The molecule has 3 rings (SSSR count). The Morgan fingerprint density at radius 3 is 2.95 bits per heavy atom. The second-order valence-electron chi connectivity index (χ2n) is 4.88. The predicted molar refractivity (Wildman–Crippen MR) is 71.0 cm³/mol. The third kappa shape index (κ3) is 2.20. The van der Waals surface area contributed by atoms with Crippen molar-refractivity contribution in [1.29, 1.82) is 0 Å². The maximum Gasteiger partial charge on any atom is 0.339 e. The molecule has 0 spiro atoms. The quantitative estimate of drug-likeness (QED) is 0.795. The summed E-state index contributed by atoms with van der Waals surface area (Å²) in [4.78, 5) is 16.1. The second kappa shape index (κ2) is 4.99. The van der Waals surface area contributed by atoms with Crippen LogP contribution in [0.4, 0.5) is 0 Å². The van der Waals surface area contributed by atoms with Gasteiger partial charge >= 0.3 is 5.97 Å². The highest BCUT2D eigenvalue weighted by Gasteiger charge is 2.20. The lowest BCUT2D eigenvalue weighted by molar-refractivity contribution is 0.0526. The highest BCUT2D eigenvalue weighted by atomic mass is 16.5. The minimum atomic E-state index is -0.328. The van der Waals surface area contributed by atoms with E-state index in [2.05, 4.69) is 10.1 Å². The normalized spacial score (nSPS) is 16.1. The zero-order valence-corrected chi connectivity index (χ0v) is 11.0. The molecular weight excluding hydrogens is 242 g/mol. The largest absolute Gasteiger partial charge is 0.462 e. The molecule has 0 saturated heterocycles. The van der Waals surface area contributed by atoms with Crippen molar-refractivity contribution >= 4 is 17.0 Å². The number of aromatic nitrogens is 3. The lowest BCUT2D eigenvalue weighted by Crippen LogP contribution is -2.08. The van der Waals surface area contributed by atoms with Crippen LogP contribution in [0.2, 0.25) is 0 Å². The monoisotopic (exact) mass is 259 g/mol. The number of carbonyl (C=O) groups excluding carboxylic acids is 1. The predicted octanol–water partition coefficient (Wildman–Crippen LogP) is 2.72. The van der Waals surface area contributed by atoms with Gasteiger partial charge in [0, 0.05) is 11.6 Å². The first-order chi connectivity index (χ1) is 9.29. The number of carbonyl (C=O) groups is 1. The first-order valence-corrected chi connectivity index (χ1v) is 6.80. The maximum absolute atomic E-state index is 11.7. The van der Waals surface area contributed by atoms with E-state index >= 15 is 0 Å². The molecule has 0 aromatic carbocycles. The number of pyridine rings is 1. The van der Waals surface area contributed by atoms with Crippen LogP contribution in [-0.2, 0) is 4.74 Å². The Bertz CT molecular complexity index is 600. The Labute approximate surface area is 111 Å². The number of nitrogens with zero attached hydrogens (tertiary/aromatic N) is 3. The zero-order chi connectivity index (χ0) is 13.2. The van der Waals surface area contributed by atoms with Gasteiger partial charge in [0.25, 0.3) is 0 Å². The van der Waals surface area contributed by atoms with Gasteiger partial charge in [-0.15, -0.1) is 0 Å². The molecule has 0 atom stereocenters. The minimum Gasteiger partial charge on any atom is -0.462 e. The van der Waals surface area contributed by atoms with Gasteiger partial charge in [-0.3, -0.25) is 0 Å². The van der Waals surface area contributed by atoms with Gasteiger partial charge in [0.1, 0.15) is 0 Å². The maximum atomic E-state index is 11.7. The van der Waals surface area contributed by atoms with Crippen LogP contribution in [0.1, 0.15) is 49.0 Å². The summed E-state index contributed by atoms with van der Waals surface area (Å²) in [5.74, 6) is -0.328. The molecule has 19 heavy (non-hydrogen) atoms. The van der Waals surface area contributed by atoms with E-state index in [4.69, 9.17) is 4.74 Å². The number of rotatable bonds is 3. The molecule has 0 unspecified atom stereocenters. The van der Waals surface area contributed by atoms with Crippen LogP contribution in [0.25, 0.3) is 11.0 Å². The Balaban J connectivity index is 1.95. The van der Waals surface area contributed by atoms with Crippen LogP contribution >= 0.6 is 0 Å². The van der Waals surface area contributed by atoms with Crippen molar-refractivity contribution in [2.75, 3.05) is 6.61 Å². The molecule has 0 aliphatic heterocycles. The van der Waals surface area contributed by atoms with E-state index in [1.807, 2.05) is 4.68 Å². The molecular formula is C14H17N3O2. The average molecular weight is 259 g/mol. The molecule has 1 aliphatic rings. The fourth-order valence-corrected chi connectivity index (χ4v) is 2.68. The van der Waals surface area contributed by atoms with Crippen molar-refractivity contribution in [2.24, 2.45) is 0 Å². The SMILES string of the molecule is CCOC(=O)c1cnc2c(cnn2C2CCCC2)c1. The molecule has 5 heteroatoms. The summed E-state index contributed by atoms with van der Waals surface area (Å²) in [5, 5.41) is 5.33. The molecule has 1 fully saturated rings. The summed E-state index contributed by atoms with van der Waals surface area (Å²) < 4.78 is 6.97. The van der Waals surface area contributed by atoms with Crippen molar-refractivity contribution in [3.63, 3.8) is 0 Å². The molecule has 5 nitrogen and oxygen atoms in total. The standard InChI is InChI=1S/C14H17N3O2/c1-2-19-14(18)11-7-10-9-16-17(13(10)15-8-11)12-5-3-4-6-12/h7-9,12H,2-6H2,1H3. The van der Waals surface area contributed by atoms with Crippen molar-refractivity contribution in [1.82, 2.24) is 14.8 Å². The molecule has 0 radical (unpaired) electrons. The van der Waals surface area contributed by atoms with Gasteiger partial charge < -0.3 is 4.74 Å². The molecule has 100 valence electrons. The van der Waals surface area contributed by atoms with E-state index in [9.17, 15) is 4.79 Å². The summed E-state index contributed by atoms with van der Waals surface area (Å²) in [7, 11) is 0. The Morgan fingerprint density at radius 2 is 2.21 bits per heavy atom. The van der Waals surface area contributed by atoms with E-state index < -0.39 is 0 Å². The Kier molecular flexibility index (Phi) is 3.19. The van der Waals surface area contributed by atoms with Gasteiger partial charge in [-0.05, 0) is 25.8 Å². The number of fused-ring (bicyclic) bond motifs is 1. The van der Waals surface area contributed by atoms with Gasteiger partial charge in [0.05, 0.1) is 24.4 Å². The van der Waals surface area contributed by atoms with E-state index in [-0.39, 0.29) is 5.97 Å². The molecule has 0 amide bonds. The lowest BCUT2D eigenvalue weighted by atomic mass is 10.2. The number of esters is 1. The lowest BCUT2D eigenvalue weighted by Gasteiger charge is -2.10. The molecule has 1 saturated carbocycles. The first-order valence-electron chi connectivity index (χ1n) is 6.80. The third-order valence-electron chi connectivity index (χ3n) is 3.62. The van der Waals surface area contributed by atoms with Crippen molar-refractivity contribution in [2.45, 2.75) is 38.6 Å². The van der Waals surface area contributed by atoms with Gasteiger partial charge in [-0.1, -0.05) is 12.8 Å². The molecule has 2 heterocycles. The van der Waals surface area contributed by atoms with Gasteiger partial charge in [0.15, 0.2) is 5.65 Å². The third-order valence-corrected chi connectivity index (χ3v) is 3.62. The Morgan fingerprint density at radius 1 is 1.42 bits per heavy atom. The molecule has 0 N–H and O–H groups in total. The highest BCUT2D eigenvalue weighted by Crippen LogP contribution is 2.31. The number of hydrogen-bond donors (Lipinski definition) is 0. The van der Waals surface area contributed by atoms with Crippen molar-refractivity contribution < 1.29 is 9.53 Å². The summed E-state index contributed by atoms with van der Waals surface area (Å²) in [6, 6.07) is 2.26. The van der Waals surface area contributed by atoms with E-state index in [0.717, 1.165) is 23.9 Å². The van der Waals surface area contributed by atoms with E-state index in [1.54, 1.807) is 25.4 Å². The van der Waals surface area contributed by atoms with Crippen LogP contribution in [0.5, 0.6) is 0 Å². The summed E-state index contributed by atoms with van der Waals surface area (Å²) in [6.07, 6.45) is 8.20. The smallest absolute Gasteiger partial charge is 0.339 e. The molecule has 2 aromatic rings. The van der Waals surface area contributed by atoms with Crippen LogP contribution in [-0.4, -0.2) is 27.3 Å². The summed E-state index contributed by atoms with van der Waals surface area (Å²) >= 11 is 0. The highest BCUT2D eigenvalue weighted by molar-refractivity contribution is 5.92. The minimum absolute atomic E-state index is 0.328. The van der Waals surface area contributed by atoms with E-state index in [1.165, 1.54) is 12.8 Å². The summed E-state index contributed by atoms with van der Waals surface area (Å²) in [6.45, 7) is 2.17. The second-order valence-corrected chi connectivity index (χ2v) is 4.88. The van der Waals surface area contributed by atoms with Crippen molar-refractivity contribution in [3.05, 3.63) is 24.0 Å². The first kappa shape index (κ1) is 12.1. The molecule has 2 aromatic heterocycles. The van der Waals surface area contributed by atoms with Gasteiger partial charge in [-0.25, -0.2) is 14.5 Å². The molecule has 0 bridgehead atoms. The van der Waals surface area contributed by atoms with Crippen LogP contribution in [0, 0.1) is 0 Å². The topological polar surface area (TPSA) is 57.0 Å². The Hall–Kier alpha value is -1.91. The number of hydrogen-bond acceptors (Lipinski definition) is 4. The van der Waals surface area contributed by atoms with Gasteiger partial charge in [0.2, 0.25) is 0 Å². The van der Waals surface area contributed by atoms with Crippen LogP contribution < -0.4 is 0 Å². The van der Waals surface area contributed by atoms with Crippen LogP contribution in [0.15, 0.2) is 18.5 Å². The van der Waals surface area contributed by atoms with Gasteiger partial charge in [-0.2, -0.15) is 5.10 Å². The average Bonchev–Trinajstić information content (AvgIpc) is 3.06. The van der Waals surface area contributed by atoms with Crippen molar-refractivity contribution in [3.8, 4) is 0 Å². The fourth-order valence-electron chi connectivity index (χ4n) is 2.68. The molecule has 1 aliphatic carbocycles.